The summed E-state index contributed by atoms with van der Waals surface area (Å²) in [6.07, 6.45) is -5.72. The van der Waals surface area contributed by atoms with Crippen molar-refractivity contribution in [3.8, 4) is 5.69 Å². The zero-order chi connectivity index (χ0) is 22.9. The van der Waals surface area contributed by atoms with Gasteiger partial charge in [-0.3, -0.25) is 4.79 Å². The van der Waals surface area contributed by atoms with Crippen LogP contribution in [-0.4, -0.2) is 34.8 Å². The lowest BCUT2D eigenvalue weighted by atomic mass is 10.2. The van der Waals surface area contributed by atoms with E-state index in [4.69, 9.17) is 0 Å². The van der Waals surface area contributed by atoms with Crippen LogP contribution in [0.2, 0.25) is 0 Å². The lowest BCUT2D eigenvalue weighted by molar-refractivity contribution is -0.361. The Labute approximate surface area is 166 Å². The number of rotatable bonds is 6. The molecule has 0 bridgehead atoms. The van der Waals surface area contributed by atoms with E-state index in [0.29, 0.717) is 28.2 Å². The molecule has 164 valence electrons. The molecule has 12 heteroatoms. The summed E-state index contributed by atoms with van der Waals surface area (Å²) in [6, 6.07) is 2.45. The van der Waals surface area contributed by atoms with Crippen LogP contribution >= 0.6 is 0 Å². The smallest absolute Gasteiger partial charge is 0.326 e. The average molecular weight is 438 g/mol. The van der Waals surface area contributed by atoms with Gasteiger partial charge in [-0.05, 0) is 44.2 Å². The fourth-order valence-corrected chi connectivity index (χ4v) is 2.64. The van der Waals surface area contributed by atoms with Gasteiger partial charge in [0.2, 0.25) is 5.91 Å². The third-order valence-electron chi connectivity index (χ3n) is 4.08. The number of amides is 1. The number of nitrogens with one attached hydrogen (secondary N) is 2. The van der Waals surface area contributed by atoms with Gasteiger partial charge in [-0.1, -0.05) is 0 Å². The van der Waals surface area contributed by atoms with Gasteiger partial charge < -0.3 is 9.88 Å². The summed E-state index contributed by atoms with van der Waals surface area (Å²) in [5.74, 6) is -6.56. The number of hydrogen-bond acceptors (Lipinski definition) is 3. The first-order valence-electron chi connectivity index (χ1n) is 8.37. The van der Waals surface area contributed by atoms with Crippen LogP contribution in [0.3, 0.4) is 0 Å². The summed E-state index contributed by atoms with van der Waals surface area (Å²) in [7, 11) is 0. The number of benzene rings is 1. The molecular formula is C18H17F7N4O. The van der Waals surface area contributed by atoms with Crippen molar-refractivity contribution in [1.29, 1.82) is 0 Å². The topological polar surface area (TPSA) is 58.4 Å². The van der Waals surface area contributed by atoms with Crippen molar-refractivity contribution in [3.05, 3.63) is 47.3 Å². The molecule has 0 saturated heterocycles. The number of nitrogens with zero attached hydrogens (tertiary/aromatic N) is 2. The molecule has 0 fully saturated rings. The van der Waals surface area contributed by atoms with E-state index < -0.39 is 18.1 Å². The lowest BCUT2D eigenvalue weighted by Gasteiger charge is -2.27. The summed E-state index contributed by atoms with van der Waals surface area (Å²) in [6.45, 7) is 4.60. The van der Waals surface area contributed by atoms with E-state index in [0.717, 1.165) is 6.21 Å². The van der Waals surface area contributed by atoms with E-state index in [9.17, 15) is 35.5 Å². The van der Waals surface area contributed by atoms with Crippen LogP contribution in [0, 0.1) is 13.8 Å². The summed E-state index contributed by atoms with van der Waals surface area (Å²) in [4.78, 5) is 11.1. The predicted molar refractivity (Wildman–Crippen MR) is 96.2 cm³/mol. The molecule has 1 heterocycles. The summed E-state index contributed by atoms with van der Waals surface area (Å²) in [5, 5.41) is 5.48. The van der Waals surface area contributed by atoms with Gasteiger partial charge in [-0.2, -0.15) is 35.8 Å². The third-order valence-corrected chi connectivity index (χ3v) is 4.08. The molecule has 0 aliphatic carbocycles. The van der Waals surface area contributed by atoms with Gasteiger partial charge in [-0.15, -0.1) is 0 Å². The Bertz CT molecular complexity index is 947. The van der Waals surface area contributed by atoms with Crippen LogP contribution in [0.4, 0.5) is 36.4 Å². The standard InChI is InChI=1S/C18H17F7N4O/c1-10-8-13(9-26-28-18(24,25)16(19,20)17(21,22)23)11(2)29(10)15-6-4-14(5-7-15)27-12(3)30/h4-9,28H,1-3H3,(H,27,30)/b26-9+. The van der Waals surface area contributed by atoms with E-state index in [1.165, 1.54) is 13.0 Å². The molecule has 0 unspecified atom stereocenters. The maximum absolute atomic E-state index is 13.2. The minimum absolute atomic E-state index is 0.220. The molecule has 2 N–H and O–H groups in total. The van der Waals surface area contributed by atoms with E-state index in [1.54, 1.807) is 42.7 Å². The van der Waals surface area contributed by atoms with Gasteiger partial charge in [0.25, 0.3) is 0 Å². The highest BCUT2D eigenvalue weighted by Gasteiger charge is 2.73. The molecule has 5 nitrogen and oxygen atoms in total. The molecule has 0 atom stereocenters. The van der Waals surface area contributed by atoms with Crippen molar-refractivity contribution in [2.45, 2.75) is 38.9 Å². The van der Waals surface area contributed by atoms with Gasteiger partial charge in [0, 0.05) is 35.2 Å². The van der Waals surface area contributed by atoms with E-state index >= 15 is 0 Å². The lowest BCUT2D eigenvalue weighted by Crippen LogP contribution is -2.58. The minimum Gasteiger partial charge on any atom is -0.326 e. The highest BCUT2D eigenvalue weighted by Crippen LogP contribution is 2.45. The van der Waals surface area contributed by atoms with Crippen molar-refractivity contribution < 1.29 is 35.5 Å². The maximum atomic E-state index is 13.2. The second-order valence-electron chi connectivity index (χ2n) is 6.41. The van der Waals surface area contributed by atoms with Crippen molar-refractivity contribution >= 4 is 17.8 Å². The van der Waals surface area contributed by atoms with Gasteiger partial charge in [0.05, 0.1) is 6.21 Å². The minimum atomic E-state index is -6.45. The molecule has 0 aliphatic heterocycles. The first-order valence-corrected chi connectivity index (χ1v) is 8.37. The molecule has 0 radical (unpaired) electrons. The molecule has 1 amide bonds. The predicted octanol–water partition coefficient (Wildman–Crippen LogP) is 4.77. The Morgan fingerprint density at radius 1 is 1.03 bits per heavy atom. The molecule has 1 aromatic heterocycles. The number of halogens is 7. The van der Waals surface area contributed by atoms with Gasteiger partial charge in [0.1, 0.15) is 0 Å². The highest BCUT2D eigenvalue weighted by atomic mass is 19.4. The first-order chi connectivity index (χ1) is 13.7. The SMILES string of the molecule is CC(=O)Nc1ccc(-n2c(C)cc(/C=N/NC(F)(F)C(F)(F)C(F)(F)F)c2C)cc1. The van der Waals surface area contributed by atoms with Crippen molar-refractivity contribution in [1.82, 2.24) is 9.99 Å². The van der Waals surface area contributed by atoms with Crippen LogP contribution in [0.1, 0.15) is 23.9 Å². The Morgan fingerprint density at radius 3 is 2.10 bits per heavy atom. The first kappa shape index (κ1) is 23.2. The molecule has 0 spiro atoms. The maximum Gasteiger partial charge on any atom is 0.462 e. The van der Waals surface area contributed by atoms with Gasteiger partial charge in [-0.25, -0.2) is 5.43 Å². The third kappa shape index (κ3) is 4.57. The van der Waals surface area contributed by atoms with Crippen LogP contribution in [0.25, 0.3) is 5.69 Å². The molecule has 0 saturated carbocycles. The van der Waals surface area contributed by atoms with Crippen LogP contribution in [0.5, 0.6) is 0 Å². The zero-order valence-corrected chi connectivity index (χ0v) is 15.9. The quantitative estimate of drug-likeness (QED) is 0.296. The second kappa shape index (κ2) is 8.00. The Morgan fingerprint density at radius 2 is 1.60 bits per heavy atom. The van der Waals surface area contributed by atoms with Gasteiger partial charge in [0.15, 0.2) is 0 Å². The monoisotopic (exact) mass is 438 g/mol. The fraction of sp³-hybridized carbons (Fsp3) is 0.333. The molecule has 0 aliphatic rings. The van der Waals surface area contributed by atoms with Crippen LogP contribution in [-0.2, 0) is 4.79 Å². The Balaban J connectivity index is 2.24. The number of carbonyl (C=O) groups is 1. The molecule has 1 aromatic carbocycles. The molecular weight excluding hydrogens is 421 g/mol. The normalized spacial score (nSPS) is 13.0. The number of hydrogen-bond donors (Lipinski definition) is 2. The second-order valence-corrected chi connectivity index (χ2v) is 6.41. The van der Waals surface area contributed by atoms with Crippen molar-refractivity contribution in [2.75, 3.05) is 5.32 Å². The number of aryl methyl sites for hydroxylation is 1. The highest BCUT2D eigenvalue weighted by molar-refractivity contribution is 5.88. The Kier molecular flexibility index (Phi) is 6.19. The molecule has 30 heavy (non-hydrogen) atoms. The van der Waals surface area contributed by atoms with Crippen molar-refractivity contribution in [3.63, 3.8) is 0 Å². The number of alkyl halides is 7. The number of anilines is 1. The summed E-state index contributed by atoms with van der Waals surface area (Å²) in [5.41, 5.74) is 3.09. The van der Waals surface area contributed by atoms with E-state index in [2.05, 4.69) is 10.4 Å². The van der Waals surface area contributed by atoms with E-state index in [-0.39, 0.29) is 11.5 Å². The summed E-state index contributed by atoms with van der Waals surface area (Å²) < 4.78 is 90.3. The Hall–Kier alpha value is -3.05. The van der Waals surface area contributed by atoms with Crippen molar-refractivity contribution in [2.24, 2.45) is 5.10 Å². The zero-order valence-electron chi connectivity index (χ0n) is 15.9. The fourth-order valence-electron chi connectivity index (χ4n) is 2.64. The number of carbonyl (C=O) groups excluding carboxylic acids is 1. The average Bonchev–Trinajstić information content (AvgIpc) is 2.88. The largest absolute Gasteiger partial charge is 0.462 e. The van der Waals surface area contributed by atoms with E-state index in [1.807, 2.05) is 0 Å². The summed E-state index contributed by atoms with van der Waals surface area (Å²) >= 11 is 0. The number of hydrazone groups is 1. The van der Waals surface area contributed by atoms with Crippen LogP contribution < -0.4 is 10.7 Å². The molecule has 2 aromatic rings. The number of aromatic nitrogens is 1. The van der Waals surface area contributed by atoms with Gasteiger partial charge >= 0.3 is 18.1 Å². The molecule has 2 rings (SSSR count). The van der Waals surface area contributed by atoms with Crippen LogP contribution in [0.15, 0.2) is 35.4 Å².